The van der Waals surface area contributed by atoms with Gasteiger partial charge >= 0.3 is 0 Å². The molecule has 3 aliphatic rings. The Hall–Kier alpha value is -5.25. The van der Waals surface area contributed by atoms with Gasteiger partial charge in [-0.05, 0) is 27.8 Å². The Labute approximate surface area is 368 Å². The molecule has 11 atom stereocenters. The van der Waals surface area contributed by atoms with E-state index in [4.69, 9.17) is 47.4 Å². The van der Waals surface area contributed by atoms with Gasteiger partial charge in [0.25, 0.3) is 0 Å². The van der Waals surface area contributed by atoms with Gasteiger partial charge < -0.3 is 47.4 Å². The summed E-state index contributed by atoms with van der Waals surface area (Å²) in [6, 6.07) is 48.0. The zero-order chi connectivity index (χ0) is 43.1. The van der Waals surface area contributed by atoms with E-state index in [0.717, 1.165) is 27.8 Å². The van der Waals surface area contributed by atoms with Crippen LogP contribution in [-0.2, 0) is 73.8 Å². The van der Waals surface area contributed by atoms with E-state index in [1.807, 2.05) is 152 Å². The minimum Gasteiger partial charge on any atom is -0.374 e. The number of nitrogens with zero attached hydrogens (tertiary/aromatic N) is 3. The molecule has 3 fully saturated rings. The van der Waals surface area contributed by atoms with E-state index in [9.17, 15) is 5.53 Å². The lowest BCUT2D eigenvalue weighted by Crippen LogP contribution is -2.66. The highest BCUT2D eigenvalue weighted by atomic mass is 16.8. The molecule has 0 bridgehead atoms. The highest BCUT2D eigenvalue weighted by molar-refractivity contribution is 5.19. The van der Waals surface area contributed by atoms with Crippen molar-refractivity contribution >= 4 is 0 Å². The van der Waals surface area contributed by atoms with E-state index in [-0.39, 0.29) is 39.6 Å². The molecule has 8 rings (SSSR count). The smallest absolute Gasteiger partial charge is 0.187 e. The number of azide groups is 1. The van der Waals surface area contributed by atoms with Gasteiger partial charge in [-0.2, -0.15) is 0 Å². The minimum absolute atomic E-state index is 0.0774. The normalized spacial score (nSPS) is 28.0. The maximum absolute atomic E-state index is 10.2. The molecule has 5 aromatic carbocycles. The lowest BCUT2D eigenvalue weighted by molar-refractivity contribution is -0.378. The predicted octanol–water partition coefficient (Wildman–Crippen LogP) is 8.79. The van der Waals surface area contributed by atoms with Crippen molar-refractivity contribution in [1.82, 2.24) is 0 Å². The monoisotopic (exact) mass is 855 g/mol. The second-order valence-corrected chi connectivity index (χ2v) is 15.5. The summed E-state index contributed by atoms with van der Waals surface area (Å²) in [6.07, 6.45) is -6.71. The van der Waals surface area contributed by atoms with Crippen LogP contribution in [0.2, 0.25) is 0 Å². The van der Waals surface area contributed by atoms with E-state index in [0.29, 0.717) is 6.61 Å². The van der Waals surface area contributed by atoms with Crippen molar-refractivity contribution in [2.24, 2.45) is 5.11 Å². The molecule has 0 amide bonds. The molecule has 0 spiro atoms. The number of benzene rings is 5. The van der Waals surface area contributed by atoms with Crippen molar-refractivity contribution in [2.75, 3.05) is 19.8 Å². The Morgan fingerprint density at radius 1 is 0.587 bits per heavy atom. The molecule has 5 aromatic rings. The average molecular weight is 856 g/mol. The number of hydrogen-bond acceptors (Lipinski definition) is 11. The third-order valence-corrected chi connectivity index (χ3v) is 11.1. The second kappa shape index (κ2) is 22.9. The second-order valence-electron chi connectivity index (χ2n) is 15.5. The van der Waals surface area contributed by atoms with Crippen LogP contribution < -0.4 is 0 Å². The van der Waals surface area contributed by atoms with Crippen molar-refractivity contribution in [2.45, 2.75) is 94.1 Å². The van der Waals surface area contributed by atoms with Gasteiger partial charge in [0.05, 0.1) is 46.2 Å². The third-order valence-electron chi connectivity index (χ3n) is 11.1. The molecule has 1 unspecified atom stereocenters. The van der Waals surface area contributed by atoms with Crippen LogP contribution >= 0.6 is 0 Å². The van der Waals surface area contributed by atoms with Crippen molar-refractivity contribution in [3.05, 3.63) is 203 Å². The van der Waals surface area contributed by atoms with Gasteiger partial charge in [0.1, 0.15) is 48.8 Å². The summed E-state index contributed by atoms with van der Waals surface area (Å²) in [5, 5.41) is 4.31. The molecule has 0 saturated carbocycles. The Kier molecular flexibility index (Phi) is 16.1. The van der Waals surface area contributed by atoms with E-state index in [1.54, 1.807) is 6.08 Å². The highest BCUT2D eigenvalue weighted by Gasteiger charge is 2.55. The summed E-state index contributed by atoms with van der Waals surface area (Å²) in [4.78, 5) is 3.30. The molecule has 3 aliphatic heterocycles. The Morgan fingerprint density at radius 2 is 1.11 bits per heavy atom. The summed E-state index contributed by atoms with van der Waals surface area (Å²) in [7, 11) is 0. The maximum Gasteiger partial charge on any atom is 0.187 e. The van der Waals surface area contributed by atoms with Crippen molar-refractivity contribution in [3.63, 3.8) is 0 Å². The molecule has 3 heterocycles. The number of ether oxygens (including phenoxy) is 10. The topological polar surface area (TPSA) is 141 Å². The summed E-state index contributed by atoms with van der Waals surface area (Å²) in [5.74, 6) is 0. The van der Waals surface area contributed by atoms with Gasteiger partial charge in [-0.15, -0.1) is 6.58 Å². The fraction of sp³-hybridized carbons (Fsp3) is 0.360. The lowest BCUT2D eigenvalue weighted by atomic mass is 9.94. The van der Waals surface area contributed by atoms with Crippen LogP contribution in [0, 0.1) is 0 Å². The molecule has 13 nitrogen and oxygen atoms in total. The molecule has 0 aromatic heterocycles. The molecule has 63 heavy (non-hydrogen) atoms. The first kappa shape index (κ1) is 44.4. The van der Waals surface area contributed by atoms with Crippen LogP contribution in [0.25, 0.3) is 10.4 Å². The van der Waals surface area contributed by atoms with Crippen LogP contribution in [0.1, 0.15) is 34.1 Å². The van der Waals surface area contributed by atoms with Crippen LogP contribution in [0.4, 0.5) is 0 Å². The molecule has 3 saturated heterocycles. The van der Waals surface area contributed by atoms with Crippen LogP contribution in [-0.4, -0.2) is 81.2 Å². The standard InChI is InChI=1S/C50H53N3O10/c1-2-28-55-50-47(58-32-38-24-14-6-15-25-38)46(57-31-37-22-12-5-13-23-37)44(40(61-50)33-54-29-35-18-8-3-9-19-35)63-49-42(52-53-51)45(56-30-36-20-10-4-11-21-36)43-41(60-49)34-59-48(62-43)39-26-16-7-17-27-39/h2-27,40-50H,1,28-34H2/t40-,41-,42+,43-,44+,45-,46+,47-,48?,49+,50+/m1/s1. The van der Waals surface area contributed by atoms with Gasteiger partial charge in [-0.3, -0.25) is 0 Å². The van der Waals surface area contributed by atoms with Crippen molar-refractivity contribution < 1.29 is 47.4 Å². The van der Waals surface area contributed by atoms with Crippen LogP contribution in [0.15, 0.2) is 169 Å². The molecule has 13 heteroatoms. The van der Waals surface area contributed by atoms with Crippen molar-refractivity contribution in [1.29, 1.82) is 0 Å². The van der Waals surface area contributed by atoms with Crippen molar-refractivity contribution in [3.8, 4) is 0 Å². The SMILES string of the molecule is C=CCO[C@H]1O[C@H](COCc2ccccc2)[C@H](O[C@@H]2O[C@@H]3COC(c4ccccc4)O[C@H]3[C@H](OCc3ccccc3)[C@@H]2N=[N+]=[N-])[C@H](OCc2ccccc2)[C@H]1OCc1ccccc1. The van der Waals surface area contributed by atoms with E-state index < -0.39 is 67.6 Å². The number of fused-ring (bicyclic) bond motifs is 1. The quantitative estimate of drug-likeness (QED) is 0.0323. The fourth-order valence-corrected chi connectivity index (χ4v) is 7.99. The molecule has 0 aliphatic carbocycles. The largest absolute Gasteiger partial charge is 0.374 e. The summed E-state index contributed by atoms with van der Waals surface area (Å²) < 4.78 is 66.6. The Bertz CT molecular complexity index is 2150. The van der Waals surface area contributed by atoms with Gasteiger partial charge in [-0.25, -0.2) is 0 Å². The summed E-state index contributed by atoms with van der Waals surface area (Å²) >= 11 is 0. The molecule has 0 N–H and O–H groups in total. The van der Waals surface area contributed by atoms with Gasteiger partial charge in [0.2, 0.25) is 0 Å². The maximum atomic E-state index is 10.2. The first-order chi connectivity index (χ1) is 31.2. The van der Waals surface area contributed by atoms with E-state index in [2.05, 4.69) is 16.6 Å². The average Bonchev–Trinajstić information content (AvgIpc) is 3.34. The lowest BCUT2D eigenvalue weighted by Gasteiger charge is -2.51. The van der Waals surface area contributed by atoms with Gasteiger partial charge in [0.15, 0.2) is 18.9 Å². The molecular formula is C50H53N3O10. The highest BCUT2D eigenvalue weighted by Crippen LogP contribution is 2.40. The Morgan fingerprint density at radius 3 is 1.67 bits per heavy atom. The van der Waals surface area contributed by atoms with Crippen LogP contribution in [0.3, 0.4) is 0 Å². The van der Waals surface area contributed by atoms with Crippen LogP contribution in [0.5, 0.6) is 0 Å². The first-order valence-corrected chi connectivity index (χ1v) is 21.3. The Balaban J connectivity index is 1.14. The third kappa shape index (κ3) is 11.9. The van der Waals surface area contributed by atoms with Gasteiger partial charge in [-0.1, -0.05) is 163 Å². The number of rotatable bonds is 20. The minimum atomic E-state index is -1.18. The molecule has 328 valence electrons. The van der Waals surface area contributed by atoms with E-state index >= 15 is 0 Å². The first-order valence-electron chi connectivity index (χ1n) is 21.3. The van der Waals surface area contributed by atoms with E-state index in [1.165, 1.54) is 0 Å². The molecular weight excluding hydrogens is 803 g/mol. The fourth-order valence-electron chi connectivity index (χ4n) is 7.99. The van der Waals surface area contributed by atoms with Gasteiger partial charge in [0, 0.05) is 10.5 Å². The zero-order valence-electron chi connectivity index (χ0n) is 34.9. The summed E-state index contributed by atoms with van der Waals surface area (Å²) in [6.45, 7) is 5.26. The zero-order valence-corrected chi connectivity index (χ0v) is 34.9. The predicted molar refractivity (Wildman–Crippen MR) is 232 cm³/mol. The summed E-state index contributed by atoms with van der Waals surface area (Å²) in [5.41, 5.74) is 14.8. The number of hydrogen-bond donors (Lipinski definition) is 0. The molecule has 0 radical (unpaired) electrons.